The molecule has 1 nitrogen and oxygen atoms in total. The van der Waals surface area contributed by atoms with Crippen LogP contribution in [0.1, 0.15) is 5.56 Å². The number of halogens is 5. The molecule has 0 radical (unpaired) electrons. The fourth-order valence-corrected chi connectivity index (χ4v) is 1.24. The van der Waals surface area contributed by atoms with Crippen molar-refractivity contribution in [1.82, 2.24) is 0 Å². The summed E-state index contributed by atoms with van der Waals surface area (Å²) < 4.78 is 50.2. The van der Waals surface area contributed by atoms with Gasteiger partial charge in [-0.2, -0.15) is 18.4 Å². The van der Waals surface area contributed by atoms with E-state index in [0.29, 0.717) is 6.08 Å². The van der Waals surface area contributed by atoms with Crippen LogP contribution in [-0.2, 0) is 0 Å². The average molecular weight is 250 g/mol. The Morgan fingerprint density at radius 3 is 2.44 bits per heavy atom. The molecule has 0 aliphatic heterocycles. The molecule has 6 heteroatoms. The van der Waals surface area contributed by atoms with E-state index in [1.165, 1.54) is 6.07 Å². The van der Waals surface area contributed by atoms with Crippen molar-refractivity contribution in [3.8, 4) is 6.07 Å². The van der Waals surface area contributed by atoms with E-state index < -0.39 is 22.6 Å². The Hall–Kier alpha value is -1.54. The summed E-state index contributed by atoms with van der Waals surface area (Å²) in [6, 6.07) is 3.84. The fourth-order valence-electron chi connectivity index (χ4n) is 1.06. The number of rotatable bonds is 1. The predicted molar refractivity (Wildman–Crippen MR) is 51.1 cm³/mol. The average Bonchev–Trinajstić information content (AvgIpc) is 2.17. The first-order chi connectivity index (χ1) is 7.36. The second kappa shape index (κ2) is 4.54. The zero-order valence-corrected chi connectivity index (χ0v) is 8.40. The summed E-state index contributed by atoms with van der Waals surface area (Å²) in [5.41, 5.74) is -1.50. The third-order valence-corrected chi connectivity index (χ3v) is 2.03. The van der Waals surface area contributed by atoms with E-state index in [9.17, 15) is 17.6 Å². The first kappa shape index (κ1) is 12.5. The van der Waals surface area contributed by atoms with E-state index >= 15 is 0 Å². The van der Waals surface area contributed by atoms with Crippen molar-refractivity contribution < 1.29 is 17.6 Å². The van der Waals surface area contributed by atoms with Crippen LogP contribution in [0, 0.1) is 17.1 Å². The lowest BCUT2D eigenvalue weighted by Crippen LogP contribution is -2.10. The molecular weight excluding hydrogens is 246 g/mol. The first-order valence-corrected chi connectivity index (χ1v) is 4.36. The van der Waals surface area contributed by atoms with Gasteiger partial charge in [0, 0.05) is 6.08 Å². The zero-order chi connectivity index (χ0) is 12.3. The van der Waals surface area contributed by atoms with Crippen LogP contribution in [0.2, 0.25) is 5.02 Å². The van der Waals surface area contributed by atoms with Crippen LogP contribution in [0.25, 0.3) is 5.57 Å². The van der Waals surface area contributed by atoms with E-state index in [1.807, 2.05) is 0 Å². The Morgan fingerprint density at radius 2 is 2.00 bits per heavy atom. The molecule has 0 heterocycles. The van der Waals surface area contributed by atoms with Crippen LogP contribution < -0.4 is 0 Å². The van der Waals surface area contributed by atoms with E-state index in [0.717, 1.165) is 18.2 Å². The lowest BCUT2D eigenvalue weighted by Gasteiger charge is -2.10. The third kappa shape index (κ3) is 2.74. The Bertz CT molecular complexity index is 471. The number of hydrogen-bond donors (Lipinski definition) is 0. The minimum Gasteiger partial charge on any atom is -0.205 e. The standard InChI is InChI=1S/C10H4ClF4N/c11-8-5-6(1-2-9(8)12)7(3-4-16)10(13,14)15/h1-3,5H. The highest BCUT2D eigenvalue weighted by Crippen LogP contribution is 2.34. The van der Waals surface area contributed by atoms with Gasteiger partial charge in [0.05, 0.1) is 16.7 Å². The minimum atomic E-state index is -4.68. The van der Waals surface area contributed by atoms with Gasteiger partial charge in [0.2, 0.25) is 0 Å². The van der Waals surface area contributed by atoms with E-state index in [1.54, 1.807) is 0 Å². The molecule has 1 rings (SSSR count). The largest absolute Gasteiger partial charge is 0.417 e. The maximum absolute atomic E-state index is 12.7. The Kier molecular flexibility index (Phi) is 3.55. The molecule has 0 fully saturated rings. The van der Waals surface area contributed by atoms with Crippen molar-refractivity contribution in [1.29, 1.82) is 5.26 Å². The van der Waals surface area contributed by atoms with Gasteiger partial charge in [0.25, 0.3) is 0 Å². The summed E-state index contributed by atoms with van der Waals surface area (Å²) >= 11 is 5.36. The quantitative estimate of drug-likeness (QED) is 0.546. The molecule has 0 saturated heterocycles. The van der Waals surface area contributed by atoms with Gasteiger partial charge in [-0.3, -0.25) is 0 Å². The van der Waals surface area contributed by atoms with Gasteiger partial charge in [-0.25, -0.2) is 4.39 Å². The molecule has 0 N–H and O–H groups in total. The van der Waals surface area contributed by atoms with Crippen LogP contribution in [0.4, 0.5) is 17.6 Å². The fraction of sp³-hybridized carbons (Fsp3) is 0.100. The predicted octanol–water partition coefficient (Wildman–Crippen LogP) is 3.95. The van der Waals surface area contributed by atoms with Gasteiger partial charge in [-0.1, -0.05) is 17.7 Å². The number of hydrogen-bond acceptors (Lipinski definition) is 1. The monoisotopic (exact) mass is 249 g/mol. The number of alkyl halides is 3. The number of nitriles is 1. The summed E-state index contributed by atoms with van der Waals surface area (Å²) in [4.78, 5) is 0. The number of benzene rings is 1. The molecule has 0 aliphatic carbocycles. The molecule has 0 bridgehead atoms. The van der Waals surface area contributed by atoms with Crippen LogP contribution >= 0.6 is 11.6 Å². The highest BCUT2D eigenvalue weighted by molar-refractivity contribution is 6.30. The minimum absolute atomic E-state index is 0.347. The van der Waals surface area contributed by atoms with E-state index in [-0.39, 0.29) is 5.56 Å². The van der Waals surface area contributed by atoms with Gasteiger partial charge >= 0.3 is 6.18 Å². The molecule has 16 heavy (non-hydrogen) atoms. The number of allylic oxidation sites excluding steroid dienone is 2. The molecule has 0 unspecified atom stereocenters. The normalized spacial score (nSPS) is 12.4. The SMILES string of the molecule is N#CC=C(c1ccc(F)c(Cl)c1)C(F)(F)F. The van der Waals surface area contributed by atoms with Crippen molar-refractivity contribution >= 4 is 17.2 Å². The molecule has 0 saturated carbocycles. The summed E-state index contributed by atoms with van der Waals surface area (Å²) in [5.74, 6) is -0.816. The third-order valence-electron chi connectivity index (χ3n) is 1.74. The van der Waals surface area contributed by atoms with Crippen molar-refractivity contribution in [3.05, 3.63) is 40.7 Å². The molecule has 1 aromatic rings. The topological polar surface area (TPSA) is 23.8 Å². The molecule has 0 aliphatic rings. The van der Waals surface area contributed by atoms with Crippen LogP contribution in [0.5, 0.6) is 0 Å². The Labute approximate surface area is 93.6 Å². The zero-order valence-electron chi connectivity index (χ0n) is 7.65. The highest BCUT2D eigenvalue weighted by Gasteiger charge is 2.34. The maximum Gasteiger partial charge on any atom is 0.417 e. The smallest absolute Gasteiger partial charge is 0.205 e. The molecule has 0 spiro atoms. The second-order valence-electron chi connectivity index (χ2n) is 2.81. The van der Waals surface area contributed by atoms with Crippen LogP contribution in [0.3, 0.4) is 0 Å². The summed E-state index contributed by atoms with van der Waals surface area (Å²) in [6.45, 7) is 0. The summed E-state index contributed by atoms with van der Waals surface area (Å²) in [5, 5.41) is 7.83. The van der Waals surface area contributed by atoms with E-state index in [4.69, 9.17) is 16.9 Å². The van der Waals surface area contributed by atoms with E-state index in [2.05, 4.69) is 0 Å². The molecule has 0 amide bonds. The van der Waals surface area contributed by atoms with Crippen molar-refractivity contribution in [3.63, 3.8) is 0 Å². The molecule has 1 aromatic carbocycles. The van der Waals surface area contributed by atoms with Crippen LogP contribution in [0.15, 0.2) is 24.3 Å². The Balaban J connectivity index is 3.30. The molecule has 84 valence electrons. The van der Waals surface area contributed by atoms with Crippen LogP contribution in [-0.4, -0.2) is 6.18 Å². The molecule has 0 atom stereocenters. The highest BCUT2D eigenvalue weighted by atomic mass is 35.5. The van der Waals surface area contributed by atoms with Crippen molar-refractivity contribution in [2.45, 2.75) is 6.18 Å². The van der Waals surface area contributed by atoms with Gasteiger partial charge in [0.1, 0.15) is 5.82 Å². The Morgan fingerprint density at radius 1 is 1.38 bits per heavy atom. The maximum atomic E-state index is 12.7. The molecular formula is C10H4ClF4N. The summed E-state index contributed by atoms with van der Waals surface area (Å²) in [6.07, 6.45) is -4.33. The van der Waals surface area contributed by atoms with Gasteiger partial charge in [-0.15, -0.1) is 0 Å². The van der Waals surface area contributed by atoms with Gasteiger partial charge in [0.15, 0.2) is 0 Å². The second-order valence-corrected chi connectivity index (χ2v) is 3.22. The number of nitrogens with zero attached hydrogens (tertiary/aromatic N) is 1. The summed E-state index contributed by atoms with van der Waals surface area (Å²) in [7, 11) is 0. The van der Waals surface area contributed by atoms with Gasteiger partial charge < -0.3 is 0 Å². The lowest BCUT2D eigenvalue weighted by atomic mass is 10.1. The first-order valence-electron chi connectivity index (χ1n) is 3.98. The van der Waals surface area contributed by atoms with Gasteiger partial charge in [-0.05, 0) is 17.7 Å². The lowest BCUT2D eigenvalue weighted by molar-refractivity contribution is -0.0688. The van der Waals surface area contributed by atoms with Crippen molar-refractivity contribution in [2.24, 2.45) is 0 Å². The molecule has 0 aromatic heterocycles. The van der Waals surface area contributed by atoms with Crippen molar-refractivity contribution in [2.75, 3.05) is 0 Å².